The van der Waals surface area contributed by atoms with Crippen LogP contribution < -0.4 is 4.74 Å². The quantitative estimate of drug-likeness (QED) is 0.815. The number of pyridine rings is 1. The highest BCUT2D eigenvalue weighted by Crippen LogP contribution is 2.24. The van der Waals surface area contributed by atoms with Crippen molar-refractivity contribution in [3.63, 3.8) is 0 Å². The summed E-state index contributed by atoms with van der Waals surface area (Å²) in [6.07, 6.45) is 4.63. The molecule has 6 nitrogen and oxygen atoms in total. The van der Waals surface area contributed by atoms with Crippen LogP contribution in [0.25, 0.3) is 0 Å². The van der Waals surface area contributed by atoms with E-state index in [1.165, 1.54) is 0 Å². The van der Waals surface area contributed by atoms with E-state index in [9.17, 15) is 0 Å². The van der Waals surface area contributed by atoms with Gasteiger partial charge in [0.15, 0.2) is 0 Å². The fraction of sp³-hybridized carbons (Fsp3) is 0.529. The number of aromatic nitrogens is 2. The Morgan fingerprint density at radius 2 is 2.26 bits per heavy atom. The Bertz CT molecular complexity index is 610. The van der Waals surface area contributed by atoms with Crippen molar-refractivity contribution in [1.82, 2.24) is 14.9 Å². The molecular formula is C17H23N3O3. The van der Waals surface area contributed by atoms with Crippen molar-refractivity contribution in [1.29, 1.82) is 0 Å². The van der Waals surface area contributed by atoms with Crippen molar-refractivity contribution in [2.24, 2.45) is 0 Å². The Morgan fingerprint density at radius 3 is 2.91 bits per heavy atom. The van der Waals surface area contributed by atoms with Crippen molar-refractivity contribution in [3.8, 4) is 5.75 Å². The molecule has 3 rings (SSSR count). The van der Waals surface area contributed by atoms with Gasteiger partial charge in [-0.2, -0.15) is 0 Å². The Balaban J connectivity index is 1.64. The van der Waals surface area contributed by atoms with Crippen LogP contribution in [-0.2, 0) is 11.3 Å². The number of nitrogens with zero attached hydrogens (tertiary/aromatic N) is 3. The van der Waals surface area contributed by atoms with Crippen molar-refractivity contribution in [2.75, 3.05) is 20.3 Å². The first-order valence-corrected chi connectivity index (χ1v) is 7.88. The van der Waals surface area contributed by atoms with Gasteiger partial charge in [0, 0.05) is 25.9 Å². The van der Waals surface area contributed by atoms with Gasteiger partial charge in [-0.1, -0.05) is 0 Å². The third kappa shape index (κ3) is 3.89. The topological polar surface area (TPSA) is 60.6 Å². The lowest BCUT2D eigenvalue weighted by atomic mass is 10.2. The molecule has 0 aliphatic carbocycles. The van der Waals surface area contributed by atoms with Crippen LogP contribution in [-0.4, -0.2) is 47.3 Å². The molecular weight excluding hydrogens is 294 g/mol. The minimum Gasteiger partial charge on any atom is -0.490 e. The lowest BCUT2D eigenvalue weighted by molar-refractivity contribution is 0.105. The summed E-state index contributed by atoms with van der Waals surface area (Å²) in [6, 6.07) is 4.06. The van der Waals surface area contributed by atoms with Crippen LogP contribution in [0.4, 0.5) is 0 Å². The molecule has 2 atom stereocenters. The van der Waals surface area contributed by atoms with Gasteiger partial charge in [-0.15, -0.1) is 0 Å². The number of oxazole rings is 1. The van der Waals surface area contributed by atoms with E-state index in [4.69, 9.17) is 13.9 Å². The smallest absolute Gasteiger partial charge is 0.208 e. The van der Waals surface area contributed by atoms with Crippen LogP contribution in [0.2, 0.25) is 0 Å². The minimum atomic E-state index is 0.217. The predicted molar refractivity (Wildman–Crippen MR) is 85.3 cm³/mol. The molecule has 0 radical (unpaired) electrons. The number of likely N-dealkylation sites (tertiary alicyclic amines) is 1. The second-order valence-corrected chi connectivity index (χ2v) is 5.93. The summed E-state index contributed by atoms with van der Waals surface area (Å²) in [4.78, 5) is 10.9. The highest BCUT2D eigenvalue weighted by atomic mass is 16.5. The zero-order valence-corrected chi connectivity index (χ0v) is 13.9. The van der Waals surface area contributed by atoms with Gasteiger partial charge in [0.1, 0.15) is 18.1 Å². The SMILES string of the molecule is CO[C@@H]1C[C@@H](COc2cccnc2)N(Cc2nc(C)c(C)o2)C1. The number of hydrogen-bond donors (Lipinski definition) is 0. The van der Waals surface area contributed by atoms with Crippen molar-refractivity contribution < 1.29 is 13.9 Å². The Morgan fingerprint density at radius 1 is 1.39 bits per heavy atom. The van der Waals surface area contributed by atoms with Crippen LogP contribution in [0.3, 0.4) is 0 Å². The van der Waals surface area contributed by atoms with E-state index in [1.807, 2.05) is 26.0 Å². The molecule has 0 bridgehead atoms. The lowest BCUT2D eigenvalue weighted by Gasteiger charge is -2.22. The second-order valence-electron chi connectivity index (χ2n) is 5.93. The molecule has 0 amide bonds. The van der Waals surface area contributed by atoms with E-state index in [0.29, 0.717) is 13.2 Å². The van der Waals surface area contributed by atoms with E-state index < -0.39 is 0 Å². The van der Waals surface area contributed by atoms with Gasteiger partial charge in [0.25, 0.3) is 0 Å². The van der Waals surface area contributed by atoms with E-state index in [-0.39, 0.29) is 12.1 Å². The van der Waals surface area contributed by atoms with E-state index >= 15 is 0 Å². The van der Waals surface area contributed by atoms with Gasteiger partial charge in [0.05, 0.1) is 24.5 Å². The molecule has 0 unspecified atom stereocenters. The molecule has 3 heterocycles. The summed E-state index contributed by atoms with van der Waals surface area (Å²) in [7, 11) is 1.76. The normalized spacial score (nSPS) is 21.7. The number of ether oxygens (including phenoxy) is 2. The summed E-state index contributed by atoms with van der Waals surface area (Å²) >= 11 is 0. The minimum absolute atomic E-state index is 0.217. The molecule has 1 aliphatic rings. The number of hydrogen-bond acceptors (Lipinski definition) is 6. The molecule has 0 aromatic carbocycles. The molecule has 23 heavy (non-hydrogen) atoms. The van der Waals surface area contributed by atoms with Crippen LogP contribution in [0.15, 0.2) is 28.9 Å². The molecule has 2 aromatic heterocycles. The fourth-order valence-corrected chi connectivity index (χ4v) is 2.88. The van der Waals surface area contributed by atoms with Gasteiger partial charge in [-0.05, 0) is 32.4 Å². The summed E-state index contributed by atoms with van der Waals surface area (Å²) in [5.74, 6) is 2.42. The monoisotopic (exact) mass is 317 g/mol. The van der Waals surface area contributed by atoms with Gasteiger partial charge in [0.2, 0.25) is 5.89 Å². The molecule has 1 aliphatic heterocycles. The maximum atomic E-state index is 5.87. The molecule has 2 aromatic rings. The molecule has 6 heteroatoms. The van der Waals surface area contributed by atoms with Crippen LogP contribution >= 0.6 is 0 Å². The lowest BCUT2D eigenvalue weighted by Crippen LogP contribution is -2.34. The first kappa shape index (κ1) is 16.0. The number of aryl methyl sites for hydroxylation is 2. The first-order valence-electron chi connectivity index (χ1n) is 7.88. The summed E-state index contributed by atoms with van der Waals surface area (Å²) in [6.45, 7) is 6.04. The molecule has 0 saturated carbocycles. The predicted octanol–water partition coefficient (Wildman–Crippen LogP) is 2.35. The highest BCUT2D eigenvalue weighted by molar-refractivity contribution is 5.15. The maximum Gasteiger partial charge on any atom is 0.208 e. The third-order valence-corrected chi connectivity index (χ3v) is 4.31. The standard InChI is InChI=1S/C17H23N3O3/c1-12-13(2)23-17(19-12)10-20-9-16(21-3)7-14(20)11-22-15-5-4-6-18-8-15/h4-6,8,14,16H,7,9-11H2,1-3H3/t14-,16+/m0/s1. The summed E-state index contributed by atoms with van der Waals surface area (Å²) in [5, 5.41) is 0. The maximum absolute atomic E-state index is 5.87. The zero-order chi connectivity index (χ0) is 16.2. The third-order valence-electron chi connectivity index (χ3n) is 4.31. The van der Waals surface area contributed by atoms with Crippen LogP contribution in [0.1, 0.15) is 23.8 Å². The second kappa shape index (κ2) is 7.10. The summed E-state index contributed by atoms with van der Waals surface area (Å²) < 4.78 is 17.1. The largest absolute Gasteiger partial charge is 0.490 e. The Labute approximate surface area is 136 Å². The summed E-state index contributed by atoms with van der Waals surface area (Å²) in [5.41, 5.74) is 0.950. The van der Waals surface area contributed by atoms with E-state index in [2.05, 4.69) is 14.9 Å². The molecule has 0 N–H and O–H groups in total. The Kier molecular flexibility index (Phi) is 4.93. The highest BCUT2D eigenvalue weighted by Gasteiger charge is 2.33. The molecule has 1 fully saturated rings. The van der Waals surface area contributed by atoms with E-state index in [1.54, 1.807) is 19.5 Å². The van der Waals surface area contributed by atoms with Gasteiger partial charge < -0.3 is 13.9 Å². The first-order chi connectivity index (χ1) is 11.2. The van der Waals surface area contributed by atoms with Gasteiger partial charge >= 0.3 is 0 Å². The van der Waals surface area contributed by atoms with Gasteiger partial charge in [-0.25, -0.2) is 4.98 Å². The molecule has 124 valence electrons. The molecule has 1 saturated heterocycles. The van der Waals surface area contributed by atoms with Crippen molar-refractivity contribution in [3.05, 3.63) is 41.9 Å². The fourth-order valence-electron chi connectivity index (χ4n) is 2.88. The average Bonchev–Trinajstić information content (AvgIpc) is 3.09. The van der Waals surface area contributed by atoms with Crippen molar-refractivity contribution >= 4 is 0 Å². The van der Waals surface area contributed by atoms with Gasteiger partial charge in [-0.3, -0.25) is 9.88 Å². The molecule has 0 spiro atoms. The van der Waals surface area contributed by atoms with Crippen molar-refractivity contribution in [2.45, 2.75) is 39.0 Å². The van der Waals surface area contributed by atoms with Crippen LogP contribution in [0.5, 0.6) is 5.75 Å². The van der Waals surface area contributed by atoms with Crippen LogP contribution in [0, 0.1) is 13.8 Å². The average molecular weight is 317 g/mol. The number of rotatable bonds is 6. The zero-order valence-electron chi connectivity index (χ0n) is 13.9. The number of methoxy groups -OCH3 is 1. The van der Waals surface area contributed by atoms with E-state index in [0.717, 1.165) is 36.1 Å². The Hall–Kier alpha value is -1.92.